The van der Waals surface area contributed by atoms with Gasteiger partial charge >= 0.3 is 0 Å². The highest BCUT2D eigenvalue weighted by atomic mass is 32.1. The van der Waals surface area contributed by atoms with Gasteiger partial charge in [-0.15, -0.1) is 11.3 Å². The van der Waals surface area contributed by atoms with Crippen LogP contribution in [0.4, 0.5) is 5.95 Å². The van der Waals surface area contributed by atoms with Crippen LogP contribution < -0.4 is 10.6 Å². The summed E-state index contributed by atoms with van der Waals surface area (Å²) in [5, 5.41) is 6.18. The number of hydrogen-bond donors (Lipinski definition) is 2. The van der Waals surface area contributed by atoms with Crippen molar-refractivity contribution in [3.8, 4) is 0 Å². The highest BCUT2D eigenvalue weighted by Crippen LogP contribution is 2.28. The molecule has 0 aliphatic rings. The van der Waals surface area contributed by atoms with E-state index in [1.165, 1.54) is 11.3 Å². The maximum atomic E-state index is 12.9. The number of amides is 1. The molecular formula is C21H20N6OS. The molecule has 4 rings (SSSR count). The van der Waals surface area contributed by atoms with Gasteiger partial charge in [0.1, 0.15) is 0 Å². The zero-order valence-electron chi connectivity index (χ0n) is 16.1. The second kappa shape index (κ2) is 8.32. The summed E-state index contributed by atoms with van der Waals surface area (Å²) in [6, 6.07) is 11.4. The molecule has 0 radical (unpaired) electrons. The molecule has 7 nitrogen and oxygen atoms in total. The third kappa shape index (κ3) is 4.38. The number of hydrogen-bond acceptors (Lipinski definition) is 7. The summed E-state index contributed by atoms with van der Waals surface area (Å²) in [7, 11) is 0. The zero-order chi connectivity index (χ0) is 20.2. The van der Waals surface area contributed by atoms with Crippen LogP contribution in [0.25, 0.3) is 10.2 Å². The van der Waals surface area contributed by atoms with Crippen LogP contribution in [0.15, 0.2) is 55.0 Å². The fourth-order valence-electron chi connectivity index (χ4n) is 2.93. The molecule has 2 N–H and O–H groups in total. The number of thiophene rings is 1. The van der Waals surface area contributed by atoms with E-state index >= 15 is 0 Å². The van der Waals surface area contributed by atoms with Crippen molar-refractivity contribution in [2.75, 3.05) is 5.32 Å². The lowest BCUT2D eigenvalue weighted by Gasteiger charge is -2.14. The van der Waals surface area contributed by atoms with Crippen molar-refractivity contribution >= 4 is 33.4 Å². The predicted molar refractivity (Wildman–Crippen MR) is 114 cm³/mol. The first-order chi connectivity index (χ1) is 14.1. The van der Waals surface area contributed by atoms with E-state index in [9.17, 15) is 4.79 Å². The van der Waals surface area contributed by atoms with Gasteiger partial charge in [0.25, 0.3) is 5.91 Å². The van der Waals surface area contributed by atoms with Crippen molar-refractivity contribution in [2.24, 2.45) is 0 Å². The molecule has 0 aliphatic heterocycles. The standard InChI is InChI=1S/C21H20N6OS/c1-13-10-17-19(29-13)18(20(28)24-12-16-7-3-4-9-23-16)27-21(26-17)25-14(2)15-6-5-8-22-11-15/h3-11,14H,12H2,1-2H3,(H,24,28)(H,25,26,27)/t14-/m0/s1. The molecule has 4 heterocycles. The van der Waals surface area contributed by atoms with Gasteiger partial charge in [-0.1, -0.05) is 12.1 Å². The van der Waals surface area contributed by atoms with Gasteiger partial charge in [0.05, 0.1) is 28.5 Å². The largest absolute Gasteiger partial charge is 0.348 e. The maximum Gasteiger partial charge on any atom is 0.271 e. The molecule has 0 bridgehead atoms. The van der Waals surface area contributed by atoms with E-state index in [0.29, 0.717) is 18.2 Å². The Bertz CT molecular complexity index is 1130. The Morgan fingerprint density at radius 3 is 2.83 bits per heavy atom. The van der Waals surface area contributed by atoms with Crippen LogP contribution in [0, 0.1) is 6.92 Å². The molecular weight excluding hydrogens is 384 g/mol. The Hall–Kier alpha value is -3.39. The fraction of sp³-hybridized carbons (Fsp3) is 0.190. The summed E-state index contributed by atoms with van der Waals surface area (Å²) in [6.07, 6.45) is 5.23. The first kappa shape index (κ1) is 18.9. The number of nitrogens with zero attached hydrogens (tertiary/aromatic N) is 4. The second-order valence-corrected chi connectivity index (χ2v) is 7.88. The number of carbonyl (C=O) groups excluding carboxylic acids is 1. The number of aryl methyl sites for hydroxylation is 1. The summed E-state index contributed by atoms with van der Waals surface area (Å²) in [4.78, 5) is 31.5. The number of aromatic nitrogens is 4. The van der Waals surface area contributed by atoms with Crippen molar-refractivity contribution < 1.29 is 4.79 Å². The lowest BCUT2D eigenvalue weighted by molar-refractivity contribution is 0.0947. The molecule has 146 valence electrons. The molecule has 1 amide bonds. The van der Waals surface area contributed by atoms with Crippen LogP contribution in [-0.4, -0.2) is 25.8 Å². The normalized spacial score (nSPS) is 11.9. The van der Waals surface area contributed by atoms with E-state index in [1.54, 1.807) is 18.6 Å². The third-order valence-electron chi connectivity index (χ3n) is 4.40. The van der Waals surface area contributed by atoms with Gasteiger partial charge < -0.3 is 10.6 Å². The lowest BCUT2D eigenvalue weighted by atomic mass is 10.1. The first-order valence-electron chi connectivity index (χ1n) is 9.23. The van der Waals surface area contributed by atoms with Crippen molar-refractivity contribution in [3.05, 3.63) is 76.8 Å². The summed E-state index contributed by atoms with van der Waals surface area (Å²) >= 11 is 1.51. The Balaban J connectivity index is 1.61. The molecule has 0 aliphatic carbocycles. The average Bonchev–Trinajstić information content (AvgIpc) is 3.12. The first-order valence-corrected chi connectivity index (χ1v) is 10.0. The molecule has 0 aromatic carbocycles. The molecule has 0 spiro atoms. The minimum Gasteiger partial charge on any atom is -0.348 e. The molecule has 0 saturated carbocycles. The topological polar surface area (TPSA) is 92.7 Å². The Labute approximate surface area is 172 Å². The predicted octanol–water partition coefficient (Wildman–Crippen LogP) is 3.89. The second-order valence-electron chi connectivity index (χ2n) is 6.62. The van der Waals surface area contributed by atoms with Gasteiger partial charge in [-0.3, -0.25) is 14.8 Å². The van der Waals surface area contributed by atoms with E-state index < -0.39 is 0 Å². The van der Waals surface area contributed by atoms with Crippen LogP contribution >= 0.6 is 11.3 Å². The molecule has 0 unspecified atom stereocenters. The highest BCUT2D eigenvalue weighted by Gasteiger charge is 2.18. The van der Waals surface area contributed by atoms with Crippen molar-refractivity contribution in [3.63, 3.8) is 0 Å². The SMILES string of the molecule is Cc1cc2nc(N[C@@H](C)c3cccnc3)nc(C(=O)NCc3ccccn3)c2s1. The average molecular weight is 404 g/mol. The maximum absolute atomic E-state index is 12.9. The number of rotatable bonds is 6. The van der Waals surface area contributed by atoms with Gasteiger partial charge in [-0.05, 0) is 43.7 Å². The molecule has 8 heteroatoms. The van der Waals surface area contributed by atoms with Crippen LogP contribution in [0.3, 0.4) is 0 Å². The van der Waals surface area contributed by atoms with E-state index in [4.69, 9.17) is 0 Å². The Morgan fingerprint density at radius 2 is 2.07 bits per heavy atom. The highest BCUT2D eigenvalue weighted by molar-refractivity contribution is 7.19. The summed E-state index contributed by atoms with van der Waals surface area (Å²) in [6.45, 7) is 4.34. The molecule has 4 aromatic heterocycles. The van der Waals surface area contributed by atoms with Crippen LogP contribution in [0.1, 0.15) is 39.6 Å². The molecule has 29 heavy (non-hydrogen) atoms. The third-order valence-corrected chi connectivity index (χ3v) is 5.44. The number of carbonyl (C=O) groups is 1. The quantitative estimate of drug-likeness (QED) is 0.506. The van der Waals surface area contributed by atoms with Crippen LogP contribution in [0.5, 0.6) is 0 Å². The Kier molecular flexibility index (Phi) is 5.44. The van der Waals surface area contributed by atoms with E-state index in [0.717, 1.165) is 26.4 Å². The van der Waals surface area contributed by atoms with Gasteiger partial charge in [-0.2, -0.15) is 0 Å². The fourth-order valence-corrected chi connectivity index (χ4v) is 3.87. The molecule has 4 aromatic rings. The van der Waals surface area contributed by atoms with Gasteiger partial charge in [0.15, 0.2) is 5.69 Å². The number of anilines is 1. The number of fused-ring (bicyclic) bond motifs is 1. The van der Waals surface area contributed by atoms with E-state index in [2.05, 4.69) is 30.6 Å². The molecule has 1 atom stereocenters. The van der Waals surface area contributed by atoms with Crippen LogP contribution in [-0.2, 0) is 6.54 Å². The lowest BCUT2D eigenvalue weighted by Crippen LogP contribution is -2.25. The van der Waals surface area contributed by atoms with Crippen molar-refractivity contribution in [2.45, 2.75) is 26.4 Å². The Morgan fingerprint density at radius 1 is 1.17 bits per heavy atom. The summed E-state index contributed by atoms with van der Waals surface area (Å²) in [5.74, 6) is 0.164. The summed E-state index contributed by atoms with van der Waals surface area (Å²) in [5.41, 5.74) is 2.92. The van der Waals surface area contributed by atoms with Gasteiger partial charge in [0, 0.05) is 23.5 Å². The van der Waals surface area contributed by atoms with Crippen LogP contribution in [0.2, 0.25) is 0 Å². The molecule has 0 saturated heterocycles. The smallest absolute Gasteiger partial charge is 0.271 e. The minimum absolute atomic E-state index is 0.0506. The van der Waals surface area contributed by atoms with Gasteiger partial charge in [0.2, 0.25) is 5.95 Å². The molecule has 0 fully saturated rings. The monoisotopic (exact) mass is 404 g/mol. The summed E-state index contributed by atoms with van der Waals surface area (Å²) < 4.78 is 0.778. The minimum atomic E-state index is -0.248. The zero-order valence-corrected chi connectivity index (χ0v) is 16.9. The van der Waals surface area contributed by atoms with Crippen molar-refractivity contribution in [1.82, 2.24) is 25.3 Å². The van der Waals surface area contributed by atoms with Crippen molar-refractivity contribution in [1.29, 1.82) is 0 Å². The van der Waals surface area contributed by atoms with E-state index in [-0.39, 0.29) is 11.9 Å². The van der Waals surface area contributed by atoms with Gasteiger partial charge in [-0.25, -0.2) is 9.97 Å². The number of pyridine rings is 2. The van der Waals surface area contributed by atoms with E-state index in [1.807, 2.05) is 50.2 Å². The number of nitrogens with one attached hydrogen (secondary N) is 2.